The molecule has 0 spiro atoms. The predicted molar refractivity (Wildman–Crippen MR) is 96.9 cm³/mol. The van der Waals surface area contributed by atoms with E-state index in [0.717, 1.165) is 0 Å². The minimum absolute atomic E-state index is 0.115. The molecular weight excluding hydrogens is 356 g/mol. The average Bonchev–Trinajstić information content (AvgIpc) is 2.98. The minimum Gasteiger partial charge on any atom is -0.480 e. The Kier molecular flexibility index (Phi) is 6.09. The summed E-state index contributed by atoms with van der Waals surface area (Å²) in [6.45, 7) is 7.41. The van der Waals surface area contributed by atoms with E-state index in [2.05, 4.69) is 10.3 Å². The van der Waals surface area contributed by atoms with Crippen LogP contribution in [0.5, 0.6) is 0 Å². The van der Waals surface area contributed by atoms with Crippen LogP contribution in [0, 0.1) is 6.92 Å². The fraction of sp³-hybridized carbons (Fsp3) is 0.647. The zero-order valence-electron chi connectivity index (χ0n) is 15.9. The molecule has 2 atom stereocenters. The second kappa shape index (κ2) is 7.95. The number of hydrogen-bond acceptors (Lipinski definition) is 6. The standard InChI is InChI=1S/C17H26N4O6/c1-10-8-21(15(25)19-13(10)22)11-5-6-20(9-11)12(14(23)24)7-18-16(26)27-17(2,3)4/h8,11-12H,5-7,9H2,1-4H3,(H,18,26)(H,23,24)(H,19,22,25). The Hall–Kier alpha value is -2.62. The Morgan fingerprint density at radius 2 is 2.07 bits per heavy atom. The summed E-state index contributed by atoms with van der Waals surface area (Å²) in [6.07, 6.45) is 1.36. The quantitative estimate of drug-likeness (QED) is 0.656. The molecule has 2 heterocycles. The van der Waals surface area contributed by atoms with Gasteiger partial charge in [-0.2, -0.15) is 0 Å². The van der Waals surface area contributed by atoms with Crippen molar-refractivity contribution in [2.45, 2.75) is 51.8 Å². The van der Waals surface area contributed by atoms with Crippen LogP contribution in [0.1, 0.15) is 38.8 Å². The third-order valence-corrected chi connectivity index (χ3v) is 4.30. The maximum absolute atomic E-state index is 12.0. The largest absolute Gasteiger partial charge is 0.480 e. The number of likely N-dealkylation sites (tertiary alicyclic amines) is 1. The Morgan fingerprint density at radius 1 is 1.41 bits per heavy atom. The van der Waals surface area contributed by atoms with Crippen molar-refractivity contribution in [2.24, 2.45) is 0 Å². The molecule has 1 fully saturated rings. The van der Waals surface area contributed by atoms with E-state index in [1.165, 1.54) is 10.8 Å². The third kappa shape index (κ3) is 5.43. The minimum atomic E-state index is -1.07. The molecule has 1 aromatic rings. The summed E-state index contributed by atoms with van der Waals surface area (Å²) >= 11 is 0. The molecule has 1 amide bonds. The number of aliphatic carboxylic acids is 1. The van der Waals surface area contributed by atoms with Crippen LogP contribution in [0.4, 0.5) is 4.79 Å². The number of aromatic amines is 1. The predicted octanol–water partition coefficient (Wildman–Crippen LogP) is 0.0697. The Balaban J connectivity index is 2.05. The first-order valence-corrected chi connectivity index (χ1v) is 8.73. The molecule has 0 saturated carbocycles. The summed E-state index contributed by atoms with van der Waals surface area (Å²) in [5, 5.41) is 12.0. The number of H-pyrrole nitrogens is 1. The number of carboxylic acids is 1. The van der Waals surface area contributed by atoms with E-state index in [4.69, 9.17) is 4.74 Å². The van der Waals surface area contributed by atoms with Gasteiger partial charge in [-0.25, -0.2) is 9.59 Å². The average molecular weight is 382 g/mol. The van der Waals surface area contributed by atoms with Crippen LogP contribution >= 0.6 is 0 Å². The number of nitrogens with zero attached hydrogens (tertiary/aromatic N) is 2. The number of ether oxygens (including phenoxy) is 1. The highest BCUT2D eigenvalue weighted by molar-refractivity contribution is 5.75. The smallest absolute Gasteiger partial charge is 0.407 e. The molecule has 1 aromatic heterocycles. The van der Waals surface area contributed by atoms with Gasteiger partial charge in [0.25, 0.3) is 5.56 Å². The van der Waals surface area contributed by atoms with Gasteiger partial charge < -0.3 is 15.2 Å². The monoisotopic (exact) mass is 382 g/mol. The van der Waals surface area contributed by atoms with Crippen molar-refractivity contribution >= 4 is 12.1 Å². The van der Waals surface area contributed by atoms with Gasteiger partial charge in [0.2, 0.25) is 0 Å². The number of amides is 1. The van der Waals surface area contributed by atoms with Crippen molar-refractivity contribution in [1.29, 1.82) is 0 Å². The molecule has 1 aliphatic heterocycles. The number of carbonyl (C=O) groups is 2. The first-order valence-electron chi connectivity index (χ1n) is 8.73. The second-order valence-electron chi connectivity index (χ2n) is 7.65. The molecule has 0 radical (unpaired) electrons. The van der Waals surface area contributed by atoms with Crippen LogP contribution in [0.25, 0.3) is 0 Å². The van der Waals surface area contributed by atoms with Gasteiger partial charge in [-0.15, -0.1) is 0 Å². The van der Waals surface area contributed by atoms with E-state index in [-0.39, 0.29) is 12.6 Å². The lowest BCUT2D eigenvalue weighted by molar-refractivity contribution is -0.142. The van der Waals surface area contributed by atoms with Gasteiger partial charge in [-0.05, 0) is 34.1 Å². The summed E-state index contributed by atoms with van der Waals surface area (Å²) in [5.41, 5.74) is -1.22. The molecule has 150 valence electrons. The maximum atomic E-state index is 12.0. The number of nitrogens with one attached hydrogen (secondary N) is 2. The number of carbonyl (C=O) groups excluding carboxylic acids is 1. The zero-order valence-corrected chi connectivity index (χ0v) is 15.9. The highest BCUT2D eigenvalue weighted by atomic mass is 16.6. The van der Waals surface area contributed by atoms with Gasteiger partial charge in [0.1, 0.15) is 11.6 Å². The first kappa shape index (κ1) is 20.7. The normalized spacial score (nSPS) is 18.9. The van der Waals surface area contributed by atoms with Crippen LogP contribution in [-0.4, -0.2) is 62.9 Å². The number of hydrogen-bond donors (Lipinski definition) is 3. The Bertz CT molecular complexity index is 822. The molecule has 27 heavy (non-hydrogen) atoms. The van der Waals surface area contributed by atoms with Crippen molar-refractivity contribution in [3.8, 4) is 0 Å². The molecule has 3 N–H and O–H groups in total. The molecule has 1 aliphatic rings. The molecule has 2 unspecified atom stereocenters. The topological polar surface area (TPSA) is 134 Å². The molecule has 1 saturated heterocycles. The van der Waals surface area contributed by atoms with E-state index in [1.54, 1.807) is 32.6 Å². The van der Waals surface area contributed by atoms with Gasteiger partial charge in [0, 0.05) is 31.4 Å². The molecule has 0 aromatic carbocycles. The van der Waals surface area contributed by atoms with Crippen LogP contribution in [-0.2, 0) is 9.53 Å². The van der Waals surface area contributed by atoms with Crippen LogP contribution in [0.2, 0.25) is 0 Å². The van der Waals surface area contributed by atoms with Crippen LogP contribution < -0.4 is 16.6 Å². The van der Waals surface area contributed by atoms with Crippen molar-refractivity contribution in [1.82, 2.24) is 19.8 Å². The van der Waals surface area contributed by atoms with Gasteiger partial charge in [0.15, 0.2) is 0 Å². The highest BCUT2D eigenvalue weighted by Crippen LogP contribution is 2.22. The summed E-state index contributed by atoms with van der Waals surface area (Å²) < 4.78 is 6.55. The second-order valence-corrected chi connectivity index (χ2v) is 7.65. The van der Waals surface area contributed by atoms with E-state index < -0.39 is 35.0 Å². The molecule has 10 heteroatoms. The fourth-order valence-electron chi connectivity index (χ4n) is 3.00. The summed E-state index contributed by atoms with van der Waals surface area (Å²) in [5.74, 6) is -1.07. The van der Waals surface area contributed by atoms with Crippen molar-refractivity contribution in [3.05, 3.63) is 32.6 Å². The zero-order chi connectivity index (χ0) is 20.4. The third-order valence-electron chi connectivity index (χ3n) is 4.30. The Labute approximate surface area is 156 Å². The number of aryl methyl sites for hydroxylation is 1. The molecular formula is C17H26N4O6. The van der Waals surface area contributed by atoms with Crippen LogP contribution in [0.15, 0.2) is 15.8 Å². The van der Waals surface area contributed by atoms with Gasteiger partial charge in [0.05, 0.1) is 6.04 Å². The summed E-state index contributed by atoms with van der Waals surface area (Å²) in [6, 6.07) is -1.20. The fourth-order valence-corrected chi connectivity index (χ4v) is 3.00. The van der Waals surface area contributed by atoms with Gasteiger partial charge in [-0.1, -0.05) is 0 Å². The van der Waals surface area contributed by atoms with E-state index >= 15 is 0 Å². The van der Waals surface area contributed by atoms with Gasteiger partial charge >= 0.3 is 17.8 Å². The van der Waals surface area contributed by atoms with E-state index in [0.29, 0.717) is 25.1 Å². The van der Waals surface area contributed by atoms with E-state index in [1.807, 2.05) is 0 Å². The van der Waals surface area contributed by atoms with Gasteiger partial charge in [-0.3, -0.25) is 24.0 Å². The summed E-state index contributed by atoms with van der Waals surface area (Å²) in [7, 11) is 0. The van der Waals surface area contributed by atoms with Crippen molar-refractivity contribution in [2.75, 3.05) is 19.6 Å². The molecule has 0 aliphatic carbocycles. The van der Waals surface area contributed by atoms with E-state index in [9.17, 15) is 24.3 Å². The van der Waals surface area contributed by atoms with Crippen LogP contribution in [0.3, 0.4) is 0 Å². The molecule has 10 nitrogen and oxygen atoms in total. The summed E-state index contributed by atoms with van der Waals surface area (Å²) in [4.78, 5) is 50.9. The lowest BCUT2D eigenvalue weighted by atomic mass is 10.2. The number of rotatable bonds is 5. The first-order chi connectivity index (χ1) is 12.5. The van der Waals surface area contributed by atoms with Crippen molar-refractivity contribution in [3.63, 3.8) is 0 Å². The molecule has 2 rings (SSSR count). The lowest BCUT2D eigenvalue weighted by Crippen LogP contribution is -2.48. The highest BCUT2D eigenvalue weighted by Gasteiger charge is 2.34. The Morgan fingerprint density at radius 3 is 2.67 bits per heavy atom. The number of carboxylic acid groups (broad SMARTS) is 1. The lowest BCUT2D eigenvalue weighted by Gasteiger charge is -2.26. The SMILES string of the molecule is Cc1cn(C2CCN(C(CNC(=O)OC(C)(C)C)C(=O)O)C2)c(=O)[nH]c1=O. The maximum Gasteiger partial charge on any atom is 0.407 e. The molecule has 0 bridgehead atoms. The van der Waals surface area contributed by atoms with Crippen molar-refractivity contribution < 1.29 is 19.4 Å². The number of alkyl carbamates (subject to hydrolysis) is 1. The number of aromatic nitrogens is 2.